The summed E-state index contributed by atoms with van der Waals surface area (Å²) in [6.45, 7) is 0.133. The van der Waals surface area contributed by atoms with E-state index in [4.69, 9.17) is 10.5 Å². The van der Waals surface area contributed by atoms with Gasteiger partial charge in [0.1, 0.15) is 11.6 Å². The molecule has 3 rings (SSSR count). The molecule has 0 bridgehead atoms. The Balaban J connectivity index is 1.90. The van der Waals surface area contributed by atoms with Gasteiger partial charge in [0.05, 0.1) is 5.69 Å². The van der Waals surface area contributed by atoms with E-state index in [-0.39, 0.29) is 12.6 Å². The predicted molar refractivity (Wildman–Crippen MR) is 73.5 cm³/mol. The van der Waals surface area contributed by atoms with E-state index in [2.05, 4.69) is 15.5 Å². The van der Waals surface area contributed by atoms with E-state index in [0.717, 1.165) is 5.69 Å². The number of benzene rings is 2. The summed E-state index contributed by atoms with van der Waals surface area (Å²) < 4.78 is 20.6. The molecule has 0 saturated carbocycles. The first-order chi connectivity index (χ1) is 10.3. The maximum atomic E-state index is 13.7. The summed E-state index contributed by atoms with van der Waals surface area (Å²) in [6, 6.07) is 13.9. The molecule has 21 heavy (non-hydrogen) atoms. The quantitative estimate of drug-likeness (QED) is 0.793. The zero-order chi connectivity index (χ0) is 14.7. The molecule has 0 unspecified atom stereocenters. The molecule has 0 aliphatic carbocycles. The smallest absolute Gasteiger partial charge is 0.345 e. The van der Waals surface area contributed by atoms with Crippen LogP contribution in [-0.2, 0) is 6.54 Å². The fourth-order valence-corrected chi connectivity index (χ4v) is 1.84. The van der Waals surface area contributed by atoms with Crippen LogP contribution in [0.3, 0.4) is 0 Å². The summed E-state index contributed by atoms with van der Waals surface area (Å²) in [4.78, 5) is 0. The van der Waals surface area contributed by atoms with Crippen molar-refractivity contribution in [2.45, 2.75) is 6.54 Å². The standard InChI is InChI=1S/C14H12FN5O/c15-13-8-12(7-6-10(13)9-16)21-14-17-18-19-20(14)11-4-2-1-3-5-11/h1-8H,9,16H2. The molecule has 1 heterocycles. The van der Waals surface area contributed by atoms with Crippen LogP contribution in [0.2, 0.25) is 0 Å². The fraction of sp³-hybridized carbons (Fsp3) is 0.0714. The van der Waals surface area contributed by atoms with Crippen LogP contribution >= 0.6 is 0 Å². The summed E-state index contributed by atoms with van der Waals surface area (Å²) in [5.74, 6) is -0.120. The average Bonchev–Trinajstić information content (AvgIpc) is 2.96. The molecule has 1 aromatic heterocycles. The van der Waals surface area contributed by atoms with Gasteiger partial charge in [0.15, 0.2) is 0 Å². The third kappa shape index (κ3) is 2.72. The Morgan fingerprint density at radius 1 is 1.14 bits per heavy atom. The molecule has 0 amide bonds. The van der Waals surface area contributed by atoms with E-state index in [1.165, 1.54) is 10.7 Å². The van der Waals surface area contributed by atoms with Gasteiger partial charge < -0.3 is 10.5 Å². The predicted octanol–water partition coefficient (Wildman–Crippen LogP) is 2.05. The fourth-order valence-electron chi connectivity index (χ4n) is 1.84. The van der Waals surface area contributed by atoms with Crippen LogP contribution in [0.1, 0.15) is 5.56 Å². The van der Waals surface area contributed by atoms with Gasteiger partial charge in [0, 0.05) is 18.2 Å². The molecule has 0 spiro atoms. The third-order valence-corrected chi connectivity index (χ3v) is 2.90. The number of nitrogens with zero attached hydrogens (tertiary/aromatic N) is 4. The number of hydrogen-bond acceptors (Lipinski definition) is 5. The molecule has 0 saturated heterocycles. The van der Waals surface area contributed by atoms with Gasteiger partial charge in [-0.05, 0) is 28.6 Å². The second kappa shape index (κ2) is 5.68. The number of para-hydroxylation sites is 1. The van der Waals surface area contributed by atoms with Crippen molar-refractivity contribution in [3.8, 4) is 17.4 Å². The van der Waals surface area contributed by atoms with Crippen molar-refractivity contribution in [3.05, 3.63) is 59.9 Å². The van der Waals surface area contributed by atoms with E-state index >= 15 is 0 Å². The highest BCUT2D eigenvalue weighted by Gasteiger charge is 2.11. The van der Waals surface area contributed by atoms with Crippen LogP contribution in [0.4, 0.5) is 4.39 Å². The van der Waals surface area contributed by atoms with Gasteiger partial charge in [-0.3, -0.25) is 0 Å². The number of nitrogens with two attached hydrogens (primary N) is 1. The lowest BCUT2D eigenvalue weighted by molar-refractivity contribution is 0.423. The molecular weight excluding hydrogens is 273 g/mol. The third-order valence-electron chi connectivity index (χ3n) is 2.90. The van der Waals surface area contributed by atoms with Gasteiger partial charge in [-0.1, -0.05) is 29.4 Å². The van der Waals surface area contributed by atoms with Crippen molar-refractivity contribution in [1.82, 2.24) is 20.2 Å². The van der Waals surface area contributed by atoms with E-state index in [9.17, 15) is 4.39 Å². The van der Waals surface area contributed by atoms with Crippen LogP contribution in [0.5, 0.6) is 11.8 Å². The topological polar surface area (TPSA) is 78.8 Å². The van der Waals surface area contributed by atoms with Crippen LogP contribution < -0.4 is 10.5 Å². The van der Waals surface area contributed by atoms with Gasteiger partial charge >= 0.3 is 6.01 Å². The first-order valence-corrected chi connectivity index (χ1v) is 6.28. The SMILES string of the molecule is NCc1ccc(Oc2nnnn2-c2ccccc2)cc1F. The Hall–Kier alpha value is -2.80. The molecule has 0 radical (unpaired) electrons. The number of halogens is 1. The number of rotatable bonds is 4. The lowest BCUT2D eigenvalue weighted by Gasteiger charge is -2.07. The van der Waals surface area contributed by atoms with Gasteiger partial charge in [-0.2, -0.15) is 4.68 Å². The highest BCUT2D eigenvalue weighted by Crippen LogP contribution is 2.23. The highest BCUT2D eigenvalue weighted by atomic mass is 19.1. The number of ether oxygens (including phenoxy) is 1. The summed E-state index contributed by atoms with van der Waals surface area (Å²) in [5, 5.41) is 11.2. The molecule has 0 fully saturated rings. The molecule has 2 N–H and O–H groups in total. The molecule has 0 aliphatic rings. The summed E-state index contributed by atoms with van der Waals surface area (Å²) in [7, 11) is 0. The number of aromatic nitrogens is 4. The second-order valence-electron chi connectivity index (χ2n) is 4.27. The van der Waals surface area contributed by atoms with Gasteiger partial charge in [0.25, 0.3) is 0 Å². The minimum absolute atomic E-state index is 0.133. The van der Waals surface area contributed by atoms with Gasteiger partial charge in [-0.15, -0.1) is 0 Å². The van der Waals surface area contributed by atoms with Crippen molar-refractivity contribution < 1.29 is 9.13 Å². The average molecular weight is 285 g/mol. The van der Waals surface area contributed by atoms with E-state index in [1.54, 1.807) is 12.1 Å². The van der Waals surface area contributed by atoms with Crippen molar-refractivity contribution in [1.29, 1.82) is 0 Å². The Bertz CT molecular complexity index is 744. The van der Waals surface area contributed by atoms with Crippen LogP contribution in [0.25, 0.3) is 5.69 Å². The molecule has 106 valence electrons. The molecule has 6 nitrogen and oxygen atoms in total. The summed E-state index contributed by atoms with van der Waals surface area (Å²) >= 11 is 0. The largest absolute Gasteiger partial charge is 0.423 e. The minimum atomic E-state index is -0.422. The van der Waals surface area contributed by atoms with Crippen LogP contribution in [0, 0.1) is 5.82 Å². The van der Waals surface area contributed by atoms with Crippen molar-refractivity contribution in [2.75, 3.05) is 0 Å². The van der Waals surface area contributed by atoms with E-state index < -0.39 is 5.82 Å². The Kier molecular flexibility index (Phi) is 3.57. The van der Waals surface area contributed by atoms with Gasteiger partial charge in [0.2, 0.25) is 0 Å². The Morgan fingerprint density at radius 2 is 1.95 bits per heavy atom. The van der Waals surface area contributed by atoms with Gasteiger partial charge in [-0.25, -0.2) is 4.39 Å². The summed E-state index contributed by atoms with van der Waals surface area (Å²) in [5.41, 5.74) is 6.59. The normalized spacial score (nSPS) is 10.6. The molecule has 7 heteroatoms. The van der Waals surface area contributed by atoms with Crippen molar-refractivity contribution in [3.63, 3.8) is 0 Å². The Morgan fingerprint density at radius 3 is 2.67 bits per heavy atom. The lowest BCUT2D eigenvalue weighted by atomic mass is 10.2. The second-order valence-corrected chi connectivity index (χ2v) is 4.27. The maximum absolute atomic E-state index is 13.7. The first kappa shape index (κ1) is 13.2. The number of hydrogen-bond donors (Lipinski definition) is 1. The van der Waals surface area contributed by atoms with E-state index in [0.29, 0.717) is 11.3 Å². The Labute approximate surface area is 120 Å². The molecule has 2 aromatic carbocycles. The zero-order valence-electron chi connectivity index (χ0n) is 11.0. The molecule has 0 aliphatic heterocycles. The van der Waals surface area contributed by atoms with Crippen LogP contribution in [-0.4, -0.2) is 20.2 Å². The van der Waals surface area contributed by atoms with Crippen molar-refractivity contribution in [2.24, 2.45) is 5.73 Å². The van der Waals surface area contributed by atoms with Crippen molar-refractivity contribution >= 4 is 0 Å². The minimum Gasteiger partial charge on any atom is -0.423 e. The lowest BCUT2D eigenvalue weighted by Crippen LogP contribution is -2.02. The summed E-state index contributed by atoms with van der Waals surface area (Å²) in [6.07, 6.45) is 0. The van der Waals surface area contributed by atoms with Crippen LogP contribution in [0.15, 0.2) is 48.5 Å². The molecule has 0 atom stereocenters. The molecular formula is C14H12FN5O. The monoisotopic (exact) mass is 285 g/mol. The zero-order valence-corrected chi connectivity index (χ0v) is 11.0. The number of tetrazole rings is 1. The molecule has 3 aromatic rings. The highest BCUT2D eigenvalue weighted by molar-refractivity contribution is 5.34. The maximum Gasteiger partial charge on any atom is 0.345 e. The van der Waals surface area contributed by atoms with E-state index in [1.807, 2.05) is 30.3 Å². The first-order valence-electron chi connectivity index (χ1n) is 6.28.